The minimum atomic E-state index is -2.96. The van der Waals surface area contributed by atoms with E-state index >= 15 is 0 Å². The second-order valence-electron chi connectivity index (χ2n) is 5.36. The molecule has 3 N–H and O–H groups in total. The fourth-order valence-corrected chi connectivity index (χ4v) is 2.92. The Labute approximate surface area is 164 Å². The highest BCUT2D eigenvalue weighted by Gasteiger charge is 2.11. The summed E-state index contributed by atoms with van der Waals surface area (Å²) in [5.74, 6) is -0.746. The second-order valence-corrected chi connectivity index (χ2v) is 6.38. The molecule has 0 aliphatic heterocycles. The zero-order valence-corrected chi connectivity index (χ0v) is 15.7. The van der Waals surface area contributed by atoms with E-state index in [1.165, 1.54) is 49.2 Å². The van der Waals surface area contributed by atoms with Crippen LogP contribution in [0.2, 0.25) is 0 Å². The summed E-state index contributed by atoms with van der Waals surface area (Å²) in [5, 5.41) is 2.72. The molecule has 2 amide bonds. The van der Waals surface area contributed by atoms with Gasteiger partial charge in [-0.2, -0.15) is 8.78 Å². The zero-order chi connectivity index (χ0) is 20.5. The summed E-state index contributed by atoms with van der Waals surface area (Å²) >= 11 is 1.22. The fourth-order valence-electron chi connectivity index (χ4n) is 2.17. The number of nitrogens with two attached hydrogens (primary N) is 1. The van der Waals surface area contributed by atoms with Crippen LogP contribution in [-0.2, 0) is 9.59 Å². The van der Waals surface area contributed by atoms with E-state index in [0.29, 0.717) is 16.1 Å². The van der Waals surface area contributed by atoms with Gasteiger partial charge in [-0.1, -0.05) is 18.2 Å². The Morgan fingerprint density at radius 3 is 2.64 bits per heavy atom. The lowest BCUT2D eigenvalue weighted by Gasteiger charge is -2.10. The number of methoxy groups -OCH3 is 1. The molecule has 2 aromatic carbocycles. The number of primary amides is 1. The van der Waals surface area contributed by atoms with E-state index in [2.05, 4.69) is 10.1 Å². The Morgan fingerprint density at radius 2 is 1.96 bits per heavy atom. The number of rotatable bonds is 9. The molecule has 28 heavy (non-hydrogen) atoms. The quantitative estimate of drug-likeness (QED) is 0.489. The standard InChI is InChI=1S/C19H18F2N2O4S/c1-26-15-10-12(6-8-14(15)27-19(20)21)7-9-18(25)23-13-4-2-3-5-16(13)28-11-17(22)24/h2-10,19H,11H2,1H3,(H2,22,24)(H,23,25)/b9-7+. The van der Waals surface area contributed by atoms with Crippen molar-refractivity contribution in [3.63, 3.8) is 0 Å². The second kappa shape index (κ2) is 10.3. The smallest absolute Gasteiger partial charge is 0.387 e. The molecule has 148 valence electrons. The molecule has 0 radical (unpaired) electrons. The predicted octanol–water partition coefficient (Wildman–Crippen LogP) is 3.53. The number of alkyl halides is 2. The van der Waals surface area contributed by atoms with Gasteiger partial charge in [0.1, 0.15) is 0 Å². The molecule has 0 saturated carbocycles. The van der Waals surface area contributed by atoms with Crippen molar-refractivity contribution in [2.24, 2.45) is 5.73 Å². The van der Waals surface area contributed by atoms with Gasteiger partial charge >= 0.3 is 6.61 Å². The molecule has 0 aromatic heterocycles. The summed E-state index contributed by atoms with van der Waals surface area (Å²) < 4.78 is 34.1. The Hall–Kier alpha value is -3.07. The molecule has 0 heterocycles. The van der Waals surface area contributed by atoms with Crippen molar-refractivity contribution in [3.8, 4) is 11.5 Å². The van der Waals surface area contributed by atoms with E-state index in [0.717, 1.165) is 0 Å². The first-order valence-corrected chi connectivity index (χ1v) is 8.99. The minimum Gasteiger partial charge on any atom is -0.493 e. The van der Waals surface area contributed by atoms with Crippen LogP contribution in [0.15, 0.2) is 53.4 Å². The van der Waals surface area contributed by atoms with Gasteiger partial charge in [-0.05, 0) is 35.9 Å². The topological polar surface area (TPSA) is 90.6 Å². The third-order valence-electron chi connectivity index (χ3n) is 3.35. The summed E-state index contributed by atoms with van der Waals surface area (Å²) in [5.41, 5.74) is 6.25. The number of carbonyl (C=O) groups is 2. The van der Waals surface area contributed by atoms with Gasteiger partial charge in [0.25, 0.3) is 0 Å². The average Bonchev–Trinajstić information content (AvgIpc) is 2.66. The van der Waals surface area contributed by atoms with Crippen molar-refractivity contribution < 1.29 is 27.8 Å². The lowest BCUT2D eigenvalue weighted by molar-refractivity contribution is -0.115. The van der Waals surface area contributed by atoms with Gasteiger partial charge in [0.2, 0.25) is 11.8 Å². The Balaban J connectivity index is 2.07. The van der Waals surface area contributed by atoms with Crippen LogP contribution in [0.25, 0.3) is 6.08 Å². The Morgan fingerprint density at radius 1 is 1.21 bits per heavy atom. The molecule has 0 aliphatic rings. The van der Waals surface area contributed by atoms with Gasteiger partial charge in [0, 0.05) is 11.0 Å². The summed E-state index contributed by atoms with van der Waals surface area (Å²) in [4.78, 5) is 23.8. The van der Waals surface area contributed by atoms with Crippen molar-refractivity contribution >= 4 is 35.3 Å². The van der Waals surface area contributed by atoms with Crippen molar-refractivity contribution in [1.82, 2.24) is 0 Å². The number of para-hydroxylation sites is 1. The van der Waals surface area contributed by atoms with Crippen LogP contribution < -0.4 is 20.5 Å². The summed E-state index contributed by atoms with van der Waals surface area (Å²) in [7, 11) is 1.33. The molecule has 0 unspecified atom stereocenters. The first-order valence-electron chi connectivity index (χ1n) is 8.01. The molecular formula is C19H18F2N2O4S. The molecular weight excluding hydrogens is 390 g/mol. The Bertz CT molecular complexity index is 875. The lowest BCUT2D eigenvalue weighted by atomic mass is 10.2. The van der Waals surface area contributed by atoms with Crippen LogP contribution in [0.1, 0.15) is 5.56 Å². The highest BCUT2D eigenvalue weighted by molar-refractivity contribution is 8.00. The van der Waals surface area contributed by atoms with Crippen LogP contribution in [0.4, 0.5) is 14.5 Å². The van der Waals surface area contributed by atoms with Gasteiger partial charge in [0.15, 0.2) is 11.5 Å². The van der Waals surface area contributed by atoms with E-state index in [1.807, 2.05) is 0 Å². The van der Waals surface area contributed by atoms with Crippen molar-refractivity contribution in [1.29, 1.82) is 0 Å². The van der Waals surface area contributed by atoms with E-state index in [9.17, 15) is 18.4 Å². The van der Waals surface area contributed by atoms with E-state index < -0.39 is 18.4 Å². The number of amides is 2. The van der Waals surface area contributed by atoms with Crippen molar-refractivity contribution in [2.45, 2.75) is 11.5 Å². The average molecular weight is 408 g/mol. The van der Waals surface area contributed by atoms with E-state index in [-0.39, 0.29) is 17.3 Å². The normalized spacial score (nSPS) is 10.9. The molecule has 2 rings (SSSR count). The van der Waals surface area contributed by atoms with E-state index in [4.69, 9.17) is 10.5 Å². The number of carbonyl (C=O) groups excluding carboxylic acids is 2. The third kappa shape index (κ3) is 6.58. The van der Waals surface area contributed by atoms with Crippen LogP contribution in [0.3, 0.4) is 0 Å². The highest BCUT2D eigenvalue weighted by Crippen LogP contribution is 2.30. The molecule has 6 nitrogen and oxygen atoms in total. The maximum absolute atomic E-state index is 12.4. The number of nitrogens with one attached hydrogen (secondary N) is 1. The molecule has 0 atom stereocenters. The van der Waals surface area contributed by atoms with Gasteiger partial charge < -0.3 is 20.5 Å². The zero-order valence-electron chi connectivity index (χ0n) is 14.9. The SMILES string of the molecule is COc1cc(/C=C/C(=O)Nc2ccccc2SCC(N)=O)ccc1OC(F)F. The number of halogens is 2. The number of benzene rings is 2. The number of anilines is 1. The lowest BCUT2D eigenvalue weighted by Crippen LogP contribution is -2.13. The molecule has 9 heteroatoms. The van der Waals surface area contributed by atoms with Gasteiger partial charge in [-0.15, -0.1) is 11.8 Å². The monoisotopic (exact) mass is 408 g/mol. The van der Waals surface area contributed by atoms with Crippen molar-refractivity contribution in [2.75, 3.05) is 18.2 Å². The number of hydrogen-bond donors (Lipinski definition) is 2. The highest BCUT2D eigenvalue weighted by atomic mass is 32.2. The van der Waals surface area contributed by atoms with Crippen LogP contribution in [0.5, 0.6) is 11.5 Å². The van der Waals surface area contributed by atoms with Crippen LogP contribution in [0, 0.1) is 0 Å². The first-order chi connectivity index (χ1) is 13.4. The minimum absolute atomic E-state index is 0.0928. The summed E-state index contributed by atoms with van der Waals surface area (Å²) in [6.45, 7) is -2.96. The number of thioether (sulfide) groups is 1. The van der Waals surface area contributed by atoms with Gasteiger partial charge in [0.05, 0.1) is 18.6 Å². The third-order valence-corrected chi connectivity index (χ3v) is 4.44. The van der Waals surface area contributed by atoms with Gasteiger partial charge in [-0.3, -0.25) is 9.59 Å². The molecule has 0 spiro atoms. The number of ether oxygens (including phenoxy) is 2. The maximum atomic E-state index is 12.4. The molecule has 0 bridgehead atoms. The largest absolute Gasteiger partial charge is 0.493 e. The molecule has 2 aromatic rings. The molecule has 0 fully saturated rings. The van der Waals surface area contributed by atoms with Gasteiger partial charge in [-0.25, -0.2) is 0 Å². The summed E-state index contributed by atoms with van der Waals surface area (Å²) in [6, 6.07) is 11.3. The predicted molar refractivity (Wildman–Crippen MR) is 104 cm³/mol. The summed E-state index contributed by atoms with van der Waals surface area (Å²) in [6.07, 6.45) is 2.79. The Kier molecular flexibility index (Phi) is 7.82. The maximum Gasteiger partial charge on any atom is 0.387 e. The molecule has 0 saturated heterocycles. The fraction of sp³-hybridized carbons (Fsp3) is 0.158. The first kappa shape index (κ1) is 21.2. The number of hydrogen-bond acceptors (Lipinski definition) is 5. The van der Waals surface area contributed by atoms with Crippen LogP contribution >= 0.6 is 11.8 Å². The molecule has 0 aliphatic carbocycles. The van der Waals surface area contributed by atoms with Crippen molar-refractivity contribution in [3.05, 3.63) is 54.1 Å². The van der Waals surface area contributed by atoms with E-state index in [1.54, 1.807) is 24.3 Å². The van der Waals surface area contributed by atoms with Crippen LogP contribution in [-0.4, -0.2) is 31.3 Å².